The second-order valence-corrected chi connectivity index (χ2v) is 6.32. The molecular formula is C18H24N2O5. The van der Waals surface area contributed by atoms with Crippen molar-refractivity contribution < 1.29 is 23.9 Å². The van der Waals surface area contributed by atoms with Gasteiger partial charge in [-0.3, -0.25) is 14.4 Å². The number of ether oxygens (including phenoxy) is 2. The highest BCUT2D eigenvalue weighted by Crippen LogP contribution is 2.31. The van der Waals surface area contributed by atoms with Crippen molar-refractivity contribution >= 4 is 23.5 Å². The molecule has 0 bridgehead atoms. The summed E-state index contributed by atoms with van der Waals surface area (Å²) in [5, 5.41) is 2.72. The minimum absolute atomic E-state index is 0.00186. The lowest BCUT2D eigenvalue weighted by Gasteiger charge is -2.29. The minimum atomic E-state index is -0.862. The predicted octanol–water partition coefficient (Wildman–Crippen LogP) is 1.51. The molecule has 1 aliphatic rings. The first-order valence-electron chi connectivity index (χ1n) is 8.38. The highest BCUT2D eigenvalue weighted by atomic mass is 16.5. The molecule has 0 aromatic heterocycles. The summed E-state index contributed by atoms with van der Waals surface area (Å²) in [5.41, 5.74) is 0.634. The largest absolute Gasteiger partial charge is 0.482 e. The third kappa shape index (κ3) is 5.20. The fraction of sp³-hybridized carbons (Fsp3) is 0.500. The number of esters is 1. The zero-order chi connectivity index (χ0) is 18.4. The molecule has 7 nitrogen and oxygen atoms in total. The normalized spacial score (nSPS) is 14.6. The average molecular weight is 348 g/mol. The van der Waals surface area contributed by atoms with E-state index < -0.39 is 12.1 Å². The van der Waals surface area contributed by atoms with Crippen molar-refractivity contribution in [1.29, 1.82) is 0 Å². The van der Waals surface area contributed by atoms with E-state index >= 15 is 0 Å². The van der Waals surface area contributed by atoms with Crippen LogP contribution in [0.15, 0.2) is 24.3 Å². The number of anilines is 1. The molecule has 25 heavy (non-hydrogen) atoms. The second-order valence-electron chi connectivity index (χ2n) is 6.32. The third-order valence-electron chi connectivity index (χ3n) is 3.71. The van der Waals surface area contributed by atoms with E-state index in [0.717, 1.165) is 0 Å². The Labute approximate surface area is 147 Å². The maximum absolute atomic E-state index is 12.0. The maximum atomic E-state index is 12.0. The first-order valence-corrected chi connectivity index (χ1v) is 8.38. The van der Waals surface area contributed by atoms with Crippen LogP contribution in [0, 0.1) is 5.92 Å². The first kappa shape index (κ1) is 18.8. The van der Waals surface area contributed by atoms with Gasteiger partial charge in [0.2, 0.25) is 0 Å². The molecule has 1 atom stereocenters. The van der Waals surface area contributed by atoms with Crippen molar-refractivity contribution in [2.24, 2.45) is 5.92 Å². The van der Waals surface area contributed by atoms with Crippen LogP contribution >= 0.6 is 0 Å². The van der Waals surface area contributed by atoms with Gasteiger partial charge in [-0.25, -0.2) is 0 Å². The number of benzene rings is 1. The van der Waals surface area contributed by atoms with Crippen LogP contribution in [0.3, 0.4) is 0 Å². The fourth-order valence-electron chi connectivity index (χ4n) is 2.36. The van der Waals surface area contributed by atoms with Gasteiger partial charge >= 0.3 is 5.97 Å². The van der Waals surface area contributed by atoms with Crippen LogP contribution in [0.1, 0.15) is 27.2 Å². The van der Waals surface area contributed by atoms with Gasteiger partial charge in [0.15, 0.2) is 12.7 Å². The molecule has 1 N–H and O–H groups in total. The molecule has 1 aromatic carbocycles. The zero-order valence-corrected chi connectivity index (χ0v) is 14.8. The van der Waals surface area contributed by atoms with Gasteiger partial charge < -0.3 is 19.7 Å². The third-order valence-corrected chi connectivity index (χ3v) is 3.71. The lowest BCUT2D eigenvalue weighted by atomic mass is 10.2. The first-order chi connectivity index (χ1) is 11.9. The lowest BCUT2D eigenvalue weighted by molar-refractivity contribution is -0.154. The molecular weight excluding hydrogens is 324 g/mol. The number of nitrogens with zero attached hydrogens (tertiary/aromatic N) is 1. The summed E-state index contributed by atoms with van der Waals surface area (Å²) in [6, 6.07) is 7.15. The van der Waals surface area contributed by atoms with Crippen LogP contribution in [-0.4, -0.2) is 43.6 Å². The summed E-state index contributed by atoms with van der Waals surface area (Å²) in [4.78, 5) is 37.4. The molecule has 1 aromatic rings. The van der Waals surface area contributed by atoms with Crippen molar-refractivity contribution in [3.8, 4) is 5.75 Å². The Bertz CT molecular complexity index is 644. The number of hydrogen-bond acceptors (Lipinski definition) is 5. The number of nitrogens with one attached hydrogen (secondary N) is 1. The average Bonchev–Trinajstić information content (AvgIpc) is 2.58. The molecule has 1 heterocycles. The SMILES string of the molecule is CC(C)CNC(=O)[C@H](C)OC(=O)CCN1C(=O)COc2ccccc21. The van der Waals surface area contributed by atoms with Gasteiger partial charge in [0.1, 0.15) is 5.75 Å². The van der Waals surface area contributed by atoms with Gasteiger partial charge in [0.05, 0.1) is 12.1 Å². The second kappa shape index (κ2) is 8.50. The van der Waals surface area contributed by atoms with E-state index in [-0.39, 0.29) is 31.4 Å². The van der Waals surface area contributed by atoms with Crippen molar-refractivity contribution in [2.75, 3.05) is 24.6 Å². The molecule has 0 fully saturated rings. The van der Waals surface area contributed by atoms with E-state index in [2.05, 4.69) is 5.32 Å². The number of para-hydroxylation sites is 2. The Morgan fingerprint density at radius 1 is 1.28 bits per heavy atom. The summed E-state index contributed by atoms with van der Waals surface area (Å²) in [7, 11) is 0. The van der Waals surface area contributed by atoms with Crippen LogP contribution < -0.4 is 15.0 Å². The summed E-state index contributed by atoms with van der Waals surface area (Å²) >= 11 is 0. The number of amides is 2. The van der Waals surface area contributed by atoms with E-state index in [1.165, 1.54) is 11.8 Å². The summed E-state index contributed by atoms with van der Waals surface area (Å²) in [5.74, 6) is -0.135. The molecule has 0 radical (unpaired) electrons. The molecule has 2 amide bonds. The Kier molecular flexibility index (Phi) is 6.38. The van der Waals surface area contributed by atoms with Crippen molar-refractivity contribution in [1.82, 2.24) is 5.32 Å². The van der Waals surface area contributed by atoms with E-state index in [1.807, 2.05) is 19.9 Å². The Hall–Kier alpha value is -2.57. The highest BCUT2D eigenvalue weighted by Gasteiger charge is 2.26. The summed E-state index contributed by atoms with van der Waals surface area (Å²) in [6.07, 6.45) is -0.860. The topological polar surface area (TPSA) is 84.9 Å². The highest BCUT2D eigenvalue weighted by molar-refractivity contribution is 5.98. The van der Waals surface area contributed by atoms with Gasteiger partial charge in [-0.15, -0.1) is 0 Å². The van der Waals surface area contributed by atoms with Crippen LogP contribution in [0.4, 0.5) is 5.69 Å². The van der Waals surface area contributed by atoms with Crippen LogP contribution in [0.2, 0.25) is 0 Å². The van der Waals surface area contributed by atoms with E-state index in [1.54, 1.807) is 18.2 Å². The number of carbonyl (C=O) groups is 3. The molecule has 136 valence electrons. The molecule has 0 spiro atoms. The standard InChI is InChI=1S/C18H24N2O5/c1-12(2)10-19-18(23)13(3)25-17(22)8-9-20-14-6-4-5-7-15(14)24-11-16(20)21/h4-7,12-13H,8-11H2,1-3H3,(H,19,23)/t13-/m0/s1. The van der Waals surface area contributed by atoms with Gasteiger partial charge in [-0.2, -0.15) is 0 Å². The van der Waals surface area contributed by atoms with Crippen molar-refractivity contribution in [3.05, 3.63) is 24.3 Å². The predicted molar refractivity (Wildman–Crippen MR) is 92.3 cm³/mol. The molecule has 1 aliphatic heterocycles. The fourth-order valence-corrected chi connectivity index (χ4v) is 2.36. The van der Waals surface area contributed by atoms with E-state index in [0.29, 0.717) is 23.9 Å². The van der Waals surface area contributed by atoms with Crippen molar-refractivity contribution in [2.45, 2.75) is 33.3 Å². The maximum Gasteiger partial charge on any atom is 0.308 e. The molecule has 0 saturated heterocycles. The van der Waals surface area contributed by atoms with E-state index in [4.69, 9.17) is 9.47 Å². The van der Waals surface area contributed by atoms with Crippen LogP contribution in [0.25, 0.3) is 0 Å². The smallest absolute Gasteiger partial charge is 0.308 e. The monoisotopic (exact) mass is 348 g/mol. The minimum Gasteiger partial charge on any atom is -0.482 e. The molecule has 7 heteroatoms. The van der Waals surface area contributed by atoms with Gasteiger partial charge in [0.25, 0.3) is 11.8 Å². The number of rotatable bonds is 7. The lowest BCUT2D eigenvalue weighted by Crippen LogP contribution is -2.41. The summed E-state index contributed by atoms with van der Waals surface area (Å²) < 4.78 is 10.5. The van der Waals surface area contributed by atoms with Gasteiger partial charge in [-0.05, 0) is 25.0 Å². The molecule has 2 rings (SSSR count). The van der Waals surface area contributed by atoms with Gasteiger partial charge in [0, 0.05) is 13.1 Å². The molecule has 0 unspecified atom stereocenters. The van der Waals surface area contributed by atoms with Crippen LogP contribution in [0.5, 0.6) is 5.75 Å². The zero-order valence-electron chi connectivity index (χ0n) is 14.8. The Morgan fingerprint density at radius 2 is 2.00 bits per heavy atom. The Morgan fingerprint density at radius 3 is 2.72 bits per heavy atom. The Balaban J connectivity index is 1.85. The number of carbonyl (C=O) groups excluding carboxylic acids is 3. The summed E-state index contributed by atoms with van der Waals surface area (Å²) in [6.45, 7) is 6.14. The molecule has 0 saturated carbocycles. The number of fused-ring (bicyclic) bond motifs is 1. The van der Waals surface area contributed by atoms with Crippen LogP contribution in [-0.2, 0) is 19.1 Å². The van der Waals surface area contributed by atoms with E-state index in [9.17, 15) is 14.4 Å². The van der Waals surface area contributed by atoms with Crippen molar-refractivity contribution in [3.63, 3.8) is 0 Å². The van der Waals surface area contributed by atoms with Gasteiger partial charge in [-0.1, -0.05) is 26.0 Å². The quantitative estimate of drug-likeness (QED) is 0.755. The molecule has 0 aliphatic carbocycles. The number of hydrogen-bond donors (Lipinski definition) is 1.